The first-order valence-electron chi connectivity index (χ1n) is 10.4. The molecule has 1 N–H and O–H groups in total. The monoisotopic (exact) mass is 450 g/mol. The number of rotatable bonds is 6. The third kappa shape index (κ3) is 4.84. The summed E-state index contributed by atoms with van der Waals surface area (Å²) in [6, 6.07) is 1.71. The molecule has 2 aliphatic rings. The third-order valence-electron chi connectivity index (χ3n) is 5.62. The second-order valence-electron chi connectivity index (χ2n) is 7.87. The van der Waals surface area contributed by atoms with E-state index in [1.165, 1.54) is 0 Å². The molecule has 2 aromatic heterocycles. The van der Waals surface area contributed by atoms with Crippen LogP contribution in [0.25, 0.3) is 10.9 Å². The maximum atomic E-state index is 12.6. The minimum atomic E-state index is -3.28. The number of halogens is 1. The van der Waals surface area contributed by atoms with Gasteiger partial charge in [-0.25, -0.2) is 27.7 Å². The van der Waals surface area contributed by atoms with Gasteiger partial charge in [0.25, 0.3) is 0 Å². The standard InChI is InChI=1S/C20H27ClN6O2S/c1-26-10-5-15(6-11-26)19-24-17-14-23-18(21)13-16(17)20(25-19)22-7-12-30(28,29)27-8-3-2-4-9-27/h5,10,13-15H,2-4,6-9,11-12H2,1H3,(H,22,24,25). The third-order valence-corrected chi connectivity index (χ3v) is 7.70. The molecular weight excluding hydrogens is 424 g/mol. The molecular formula is C20H27ClN6O2S. The second-order valence-corrected chi connectivity index (χ2v) is 10.4. The molecule has 0 bridgehead atoms. The fraction of sp³-hybridized carbons (Fsp3) is 0.550. The number of allylic oxidation sites excluding steroid dienone is 1. The fourth-order valence-electron chi connectivity index (χ4n) is 3.88. The number of fused-ring (bicyclic) bond motifs is 1. The van der Waals surface area contributed by atoms with Gasteiger partial charge in [0.2, 0.25) is 10.0 Å². The van der Waals surface area contributed by atoms with E-state index in [4.69, 9.17) is 16.6 Å². The largest absolute Gasteiger partial charge is 0.381 e. The molecule has 10 heteroatoms. The first kappa shape index (κ1) is 21.3. The van der Waals surface area contributed by atoms with Gasteiger partial charge < -0.3 is 10.2 Å². The molecule has 1 saturated heterocycles. The minimum Gasteiger partial charge on any atom is -0.381 e. The molecule has 162 valence electrons. The molecule has 0 saturated carbocycles. The SMILES string of the molecule is CN1C=CC(c2nc(NCCS(=O)(=O)N3CCCCC3)c3cc(Cl)ncc3n2)CC1. The van der Waals surface area contributed by atoms with Crippen LogP contribution < -0.4 is 5.32 Å². The van der Waals surface area contributed by atoms with Gasteiger partial charge in [0, 0.05) is 44.5 Å². The predicted molar refractivity (Wildman–Crippen MR) is 119 cm³/mol. The van der Waals surface area contributed by atoms with Crippen molar-refractivity contribution in [1.29, 1.82) is 0 Å². The zero-order valence-corrected chi connectivity index (χ0v) is 18.7. The van der Waals surface area contributed by atoms with Crippen molar-refractivity contribution in [2.45, 2.75) is 31.6 Å². The lowest BCUT2D eigenvalue weighted by Gasteiger charge is -2.26. The van der Waals surface area contributed by atoms with E-state index < -0.39 is 10.0 Å². The van der Waals surface area contributed by atoms with Crippen molar-refractivity contribution in [3.05, 3.63) is 35.5 Å². The van der Waals surface area contributed by atoms with Crippen molar-refractivity contribution >= 4 is 38.3 Å². The molecule has 0 amide bonds. The molecule has 1 atom stereocenters. The van der Waals surface area contributed by atoms with Crippen molar-refractivity contribution < 1.29 is 8.42 Å². The van der Waals surface area contributed by atoms with E-state index >= 15 is 0 Å². The molecule has 2 aromatic rings. The molecule has 8 nitrogen and oxygen atoms in total. The summed E-state index contributed by atoms with van der Waals surface area (Å²) in [4.78, 5) is 15.7. The Morgan fingerprint density at radius 2 is 2.00 bits per heavy atom. The number of sulfonamides is 1. The Bertz CT molecular complexity index is 1040. The Hall–Kier alpha value is -1.97. The molecule has 0 spiro atoms. The van der Waals surface area contributed by atoms with Crippen LogP contribution in [0.5, 0.6) is 0 Å². The number of nitrogens with one attached hydrogen (secondary N) is 1. The summed E-state index contributed by atoms with van der Waals surface area (Å²) in [6.45, 7) is 2.44. The van der Waals surface area contributed by atoms with Crippen molar-refractivity contribution in [1.82, 2.24) is 24.2 Å². The van der Waals surface area contributed by atoms with E-state index in [9.17, 15) is 8.42 Å². The summed E-state index contributed by atoms with van der Waals surface area (Å²) in [7, 11) is -1.24. The Balaban J connectivity index is 1.55. The van der Waals surface area contributed by atoms with Crippen LogP contribution in [0.4, 0.5) is 5.82 Å². The van der Waals surface area contributed by atoms with Crippen LogP contribution in [0.1, 0.15) is 37.4 Å². The predicted octanol–water partition coefficient (Wildman–Crippen LogP) is 2.84. The van der Waals surface area contributed by atoms with Gasteiger partial charge in [-0.1, -0.05) is 24.1 Å². The molecule has 4 heterocycles. The normalized spacial score (nSPS) is 20.6. The summed E-state index contributed by atoms with van der Waals surface area (Å²) < 4.78 is 26.9. The Labute approximate surface area is 182 Å². The molecule has 0 aromatic carbocycles. The van der Waals surface area contributed by atoms with Gasteiger partial charge in [-0.15, -0.1) is 0 Å². The van der Waals surface area contributed by atoms with E-state index in [0.29, 0.717) is 35.4 Å². The maximum absolute atomic E-state index is 12.6. The topological polar surface area (TPSA) is 91.3 Å². The summed E-state index contributed by atoms with van der Waals surface area (Å²) >= 11 is 6.09. The highest BCUT2D eigenvalue weighted by Gasteiger charge is 2.24. The second kappa shape index (κ2) is 9.03. The molecule has 1 unspecified atom stereocenters. The van der Waals surface area contributed by atoms with Gasteiger partial charge >= 0.3 is 0 Å². The van der Waals surface area contributed by atoms with Crippen LogP contribution >= 0.6 is 11.6 Å². The lowest BCUT2D eigenvalue weighted by atomic mass is 10.0. The van der Waals surface area contributed by atoms with Gasteiger partial charge in [0.1, 0.15) is 16.8 Å². The van der Waals surface area contributed by atoms with Gasteiger partial charge in [0.05, 0.1) is 17.5 Å². The quantitative estimate of drug-likeness (QED) is 0.676. The Kier molecular flexibility index (Phi) is 6.40. The molecule has 4 rings (SSSR count). The van der Waals surface area contributed by atoms with Crippen LogP contribution in [0.2, 0.25) is 5.15 Å². The molecule has 2 aliphatic heterocycles. The Morgan fingerprint density at radius 1 is 1.20 bits per heavy atom. The number of anilines is 1. The number of aromatic nitrogens is 3. The van der Waals surface area contributed by atoms with Gasteiger partial charge in [-0.05, 0) is 31.5 Å². The van der Waals surface area contributed by atoms with Crippen molar-refractivity contribution in [2.24, 2.45) is 0 Å². The highest BCUT2D eigenvalue weighted by atomic mass is 35.5. The van der Waals surface area contributed by atoms with E-state index in [-0.39, 0.29) is 18.2 Å². The van der Waals surface area contributed by atoms with Gasteiger partial charge in [-0.2, -0.15) is 0 Å². The lowest BCUT2D eigenvalue weighted by molar-refractivity contribution is 0.347. The number of hydrogen-bond acceptors (Lipinski definition) is 7. The van der Waals surface area contributed by atoms with Crippen LogP contribution in [0.15, 0.2) is 24.5 Å². The van der Waals surface area contributed by atoms with Crippen molar-refractivity contribution in [3.63, 3.8) is 0 Å². The van der Waals surface area contributed by atoms with Gasteiger partial charge in [0.15, 0.2) is 0 Å². The number of nitrogens with zero attached hydrogens (tertiary/aromatic N) is 5. The number of hydrogen-bond donors (Lipinski definition) is 1. The van der Waals surface area contributed by atoms with Crippen molar-refractivity contribution in [2.75, 3.05) is 44.3 Å². The number of pyridine rings is 1. The fourth-order valence-corrected chi connectivity index (χ4v) is 5.47. The zero-order chi connectivity index (χ0) is 21.1. The van der Waals surface area contributed by atoms with Crippen LogP contribution in [0, 0.1) is 0 Å². The molecule has 0 radical (unpaired) electrons. The van der Waals surface area contributed by atoms with Crippen molar-refractivity contribution in [3.8, 4) is 0 Å². The summed E-state index contributed by atoms with van der Waals surface area (Å²) in [5.41, 5.74) is 0.693. The first-order valence-corrected chi connectivity index (χ1v) is 12.3. The summed E-state index contributed by atoms with van der Waals surface area (Å²) in [5, 5.41) is 4.31. The molecule has 1 fully saturated rings. The van der Waals surface area contributed by atoms with Crippen LogP contribution in [-0.2, 0) is 10.0 Å². The maximum Gasteiger partial charge on any atom is 0.215 e. The van der Waals surface area contributed by atoms with Gasteiger partial charge in [-0.3, -0.25) is 0 Å². The van der Waals surface area contributed by atoms with Crippen LogP contribution in [0.3, 0.4) is 0 Å². The smallest absolute Gasteiger partial charge is 0.215 e. The average Bonchev–Trinajstić information content (AvgIpc) is 2.75. The van der Waals surface area contributed by atoms with E-state index in [1.807, 2.05) is 13.2 Å². The molecule has 30 heavy (non-hydrogen) atoms. The highest BCUT2D eigenvalue weighted by Crippen LogP contribution is 2.28. The highest BCUT2D eigenvalue weighted by molar-refractivity contribution is 7.89. The van der Waals surface area contributed by atoms with Crippen LogP contribution in [-0.4, -0.2) is 71.6 Å². The lowest BCUT2D eigenvalue weighted by Crippen LogP contribution is -2.38. The summed E-state index contributed by atoms with van der Waals surface area (Å²) in [5.74, 6) is 1.44. The minimum absolute atomic E-state index is 0.0285. The average molecular weight is 451 g/mol. The Morgan fingerprint density at radius 3 is 2.73 bits per heavy atom. The summed E-state index contributed by atoms with van der Waals surface area (Å²) in [6.07, 6.45) is 9.66. The van der Waals surface area contributed by atoms with E-state index in [2.05, 4.69) is 26.3 Å². The zero-order valence-electron chi connectivity index (χ0n) is 17.1. The van der Waals surface area contributed by atoms with E-state index in [0.717, 1.165) is 37.6 Å². The van der Waals surface area contributed by atoms with E-state index in [1.54, 1.807) is 16.6 Å². The molecule has 0 aliphatic carbocycles. The number of piperidine rings is 1. The first-order chi connectivity index (χ1) is 14.4.